The van der Waals surface area contributed by atoms with E-state index in [0.717, 1.165) is 40.1 Å². The molecule has 0 saturated carbocycles. The van der Waals surface area contributed by atoms with Crippen molar-refractivity contribution < 1.29 is 13.2 Å². The lowest BCUT2D eigenvalue weighted by atomic mass is 9.95. The van der Waals surface area contributed by atoms with Gasteiger partial charge in [0.2, 0.25) is 5.96 Å². The SMILES string of the molecule is CC(C)Oc1ccc(-c2cc(CN/C(N)=N/S(=O)(=O)c3ccccc3)cnc2C2=CCC(Cl)C=C2)cc1. The lowest BCUT2D eigenvalue weighted by Crippen LogP contribution is -2.32. The van der Waals surface area contributed by atoms with Gasteiger partial charge in [-0.3, -0.25) is 4.98 Å². The van der Waals surface area contributed by atoms with Crippen LogP contribution in [0.1, 0.15) is 31.5 Å². The summed E-state index contributed by atoms with van der Waals surface area (Å²) in [6.45, 7) is 4.21. The maximum Gasteiger partial charge on any atom is 0.285 e. The normalized spacial score (nSPS) is 15.9. The summed E-state index contributed by atoms with van der Waals surface area (Å²) in [6.07, 6.45) is 8.57. The van der Waals surface area contributed by atoms with Crippen molar-refractivity contribution in [3.05, 3.63) is 96.3 Å². The lowest BCUT2D eigenvalue weighted by Gasteiger charge is -2.16. The fourth-order valence-electron chi connectivity index (χ4n) is 3.81. The van der Waals surface area contributed by atoms with Gasteiger partial charge in [0, 0.05) is 18.3 Å². The van der Waals surface area contributed by atoms with Crippen LogP contribution in [0.2, 0.25) is 0 Å². The van der Waals surface area contributed by atoms with Crippen LogP contribution in [-0.2, 0) is 16.6 Å². The van der Waals surface area contributed by atoms with Gasteiger partial charge in [-0.2, -0.15) is 8.42 Å². The van der Waals surface area contributed by atoms with Crippen molar-refractivity contribution in [2.45, 2.75) is 43.2 Å². The zero-order valence-electron chi connectivity index (χ0n) is 20.6. The molecule has 0 amide bonds. The molecule has 0 radical (unpaired) electrons. The molecule has 4 rings (SSSR count). The number of hydrogen-bond donors (Lipinski definition) is 2. The summed E-state index contributed by atoms with van der Waals surface area (Å²) in [7, 11) is -3.91. The van der Waals surface area contributed by atoms with Crippen LogP contribution in [0.15, 0.2) is 94.4 Å². The van der Waals surface area contributed by atoms with E-state index >= 15 is 0 Å². The lowest BCUT2D eigenvalue weighted by molar-refractivity contribution is 0.242. The van der Waals surface area contributed by atoms with E-state index in [9.17, 15) is 8.42 Å². The molecule has 3 aromatic rings. The molecule has 1 unspecified atom stereocenters. The van der Waals surface area contributed by atoms with Gasteiger partial charge in [0.15, 0.2) is 0 Å². The molecule has 0 aliphatic heterocycles. The molecule has 7 nitrogen and oxygen atoms in total. The topological polar surface area (TPSA) is 107 Å². The van der Waals surface area contributed by atoms with E-state index in [2.05, 4.69) is 15.8 Å². The highest BCUT2D eigenvalue weighted by Crippen LogP contribution is 2.32. The Labute approximate surface area is 222 Å². The van der Waals surface area contributed by atoms with E-state index in [1.54, 1.807) is 24.4 Å². The van der Waals surface area contributed by atoms with Crippen molar-refractivity contribution in [2.75, 3.05) is 0 Å². The van der Waals surface area contributed by atoms with Crippen LogP contribution in [0.4, 0.5) is 0 Å². The van der Waals surface area contributed by atoms with Crippen molar-refractivity contribution in [2.24, 2.45) is 10.1 Å². The summed E-state index contributed by atoms with van der Waals surface area (Å²) >= 11 is 6.23. The van der Waals surface area contributed by atoms with Gasteiger partial charge in [0.05, 0.1) is 22.1 Å². The average Bonchev–Trinajstić information content (AvgIpc) is 2.88. The molecule has 0 saturated heterocycles. The maximum atomic E-state index is 12.5. The van der Waals surface area contributed by atoms with Crippen LogP contribution in [0.3, 0.4) is 0 Å². The Hall–Kier alpha value is -3.62. The first-order valence-electron chi connectivity index (χ1n) is 11.9. The van der Waals surface area contributed by atoms with Gasteiger partial charge < -0.3 is 15.8 Å². The predicted molar refractivity (Wildman–Crippen MR) is 149 cm³/mol. The van der Waals surface area contributed by atoms with Gasteiger partial charge >= 0.3 is 0 Å². The largest absolute Gasteiger partial charge is 0.491 e. The van der Waals surface area contributed by atoms with E-state index < -0.39 is 10.0 Å². The average molecular weight is 537 g/mol. The monoisotopic (exact) mass is 536 g/mol. The van der Waals surface area contributed by atoms with E-state index in [4.69, 9.17) is 27.1 Å². The number of alkyl halides is 1. The number of hydrogen-bond acceptors (Lipinski definition) is 4. The Kier molecular flexibility index (Phi) is 8.31. The van der Waals surface area contributed by atoms with Gasteiger partial charge in [-0.15, -0.1) is 16.0 Å². The quantitative estimate of drug-likeness (QED) is 0.230. The number of nitrogens with two attached hydrogens (primary N) is 1. The third-order valence-electron chi connectivity index (χ3n) is 5.54. The molecule has 1 aliphatic rings. The first kappa shape index (κ1) is 26.4. The molecule has 2 aromatic carbocycles. The number of nitrogens with zero attached hydrogens (tertiary/aromatic N) is 2. The van der Waals surface area contributed by atoms with Crippen molar-refractivity contribution in [3.8, 4) is 16.9 Å². The zero-order chi connectivity index (χ0) is 26.4. The molecule has 1 atom stereocenters. The summed E-state index contributed by atoms with van der Waals surface area (Å²) in [4.78, 5) is 4.82. The van der Waals surface area contributed by atoms with Crippen LogP contribution in [0.25, 0.3) is 16.7 Å². The first-order valence-corrected chi connectivity index (χ1v) is 13.8. The number of rotatable bonds is 8. The first-order chi connectivity index (χ1) is 17.7. The second-order valence-corrected chi connectivity index (χ2v) is 11.0. The van der Waals surface area contributed by atoms with Crippen LogP contribution in [0.5, 0.6) is 5.75 Å². The standard InChI is InChI=1S/C28H29ClN4O3S/c1-19(2)36-24-14-10-21(11-15-24)26-16-20(17-31-27(26)22-8-12-23(29)13-9-22)18-32-28(30)33-37(34,35)25-6-4-3-5-7-25/h3-12,14-17,19,23H,13,18H2,1-2H3,(H3,30,32,33). The van der Waals surface area contributed by atoms with Crippen LogP contribution in [-0.4, -0.2) is 30.8 Å². The minimum absolute atomic E-state index is 0.0300. The highest BCUT2D eigenvalue weighted by Gasteiger charge is 2.16. The van der Waals surface area contributed by atoms with E-state index in [1.807, 2.05) is 56.3 Å². The van der Waals surface area contributed by atoms with E-state index in [1.165, 1.54) is 12.1 Å². The Balaban J connectivity index is 1.60. The van der Waals surface area contributed by atoms with Crippen LogP contribution >= 0.6 is 11.6 Å². The molecular weight excluding hydrogens is 508 g/mol. The molecule has 1 aliphatic carbocycles. The van der Waals surface area contributed by atoms with Gasteiger partial charge in [0.25, 0.3) is 10.0 Å². The van der Waals surface area contributed by atoms with Gasteiger partial charge in [-0.05, 0) is 67.3 Å². The van der Waals surface area contributed by atoms with Gasteiger partial charge in [-0.25, -0.2) is 0 Å². The Morgan fingerprint density at radius 1 is 1.19 bits per heavy atom. The molecule has 0 fully saturated rings. The molecule has 1 heterocycles. The molecule has 0 spiro atoms. The molecule has 0 bridgehead atoms. The summed E-state index contributed by atoms with van der Waals surface area (Å²) in [6, 6.07) is 17.8. The fourth-order valence-corrected chi connectivity index (χ4v) is 4.90. The molecule has 3 N–H and O–H groups in total. The third-order valence-corrected chi connectivity index (χ3v) is 7.16. The van der Waals surface area contributed by atoms with Crippen molar-refractivity contribution >= 4 is 33.2 Å². The number of sulfonamides is 1. The summed E-state index contributed by atoms with van der Waals surface area (Å²) in [5, 5.41) is 2.85. The van der Waals surface area contributed by atoms with Crippen LogP contribution in [0, 0.1) is 0 Å². The molecule has 1 aromatic heterocycles. The number of nitrogens with one attached hydrogen (secondary N) is 1. The summed E-state index contributed by atoms with van der Waals surface area (Å²) in [5.41, 5.74) is 10.4. The number of pyridine rings is 1. The Morgan fingerprint density at radius 2 is 1.92 bits per heavy atom. The third kappa shape index (κ3) is 6.99. The molecule has 192 valence electrons. The van der Waals surface area contributed by atoms with Crippen LogP contribution < -0.4 is 15.8 Å². The zero-order valence-corrected chi connectivity index (χ0v) is 22.2. The second-order valence-electron chi connectivity index (χ2n) is 8.82. The Bertz CT molecular complexity index is 1430. The smallest absolute Gasteiger partial charge is 0.285 e. The number of aromatic nitrogens is 1. The summed E-state index contributed by atoms with van der Waals surface area (Å²) in [5.74, 6) is 0.590. The van der Waals surface area contributed by atoms with Gasteiger partial charge in [0.1, 0.15) is 5.75 Å². The highest BCUT2D eigenvalue weighted by atomic mass is 35.5. The number of guanidine groups is 1. The van der Waals surface area contributed by atoms with Crippen molar-refractivity contribution in [3.63, 3.8) is 0 Å². The number of benzene rings is 2. The van der Waals surface area contributed by atoms with E-state index in [0.29, 0.717) is 0 Å². The Morgan fingerprint density at radius 3 is 2.57 bits per heavy atom. The fraction of sp³-hybridized carbons (Fsp3) is 0.214. The van der Waals surface area contributed by atoms with Gasteiger partial charge in [-0.1, -0.05) is 48.6 Å². The minimum atomic E-state index is -3.91. The number of allylic oxidation sites excluding steroid dienone is 4. The predicted octanol–water partition coefficient (Wildman–Crippen LogP) is 5.28. The maximum absolute atomic E-state index is 12.5. The molecule has 9 heteroatoms. The second kappa shape index (κ2) is 11.6. The summed E-state index contributed by atoms with van der Waals surface area (Å²) < 4.78 is 34.4. The van der Waals surface area contributed by atoms with E-state index in [-0.39, 0.29) is 28.9 Å². The number of ether oxygens (including phenoxy) is 1. The van der Waals surface area contributed by atoms with Crippen molar-refractivity contribution in [1.82, 2.24) is 10.3 Å². The number of halogens is 1. The minimum Gasteiger partial charge on any atom is -0.491 e. The highest BCUT2D eigenvalue weighted by molar-refractivity contribution is 7.90. The molecular formula is C28H29ClN4O3S. The van der Waals surface area contributed by atoms with Crippen molar-refractivity contribution in [1.29, 1.82) is 0 Å². The molecule has 37 heavy (non-hydrogen) atoms.